The third-order valence-electron chi connectivity index (χ3n) is 6.28. The molecule has 31 heavy (non-hydrogen) atoms. The molecular formula is C19H31N7O5. The predicted molar refractivity (Wildman–Crippen MR) is 109 cm³/mol. The lowest BCUT2D eigenvalue weighted by atomic mass is 9.94. The highest BCUT2D eigenvalue weighted by Crippen LogP contribution is 2.45. The number of Topliss-reactive ketones (excluding diaryl/α,β-unsaturated/α-hetero) is 1. The lowest BCUT2D eigenvalue weighted by molar-refractivity contribution is -0.143. The fourth-order valence-electron chi connectivity index (χ4n) is 4.41. The van der Waals surface area contributed by atoms with E-state index in [1.807, 2.05) is 6.92 Å². The van der Waals surface area contributed by atoms with Crippen LogP contribution in [0.25, 0.3) is 0 Å². The first kappa shape index (κ1) is 22.9. The smallest absolute Gasteiger partial charge is 0.312 e. The molecule has 0 aromatic rings. The lowest BCUT2D eigenvalue weighted by Gasteiger charge is -2.44. The van der Waals surface area contributed by atoms with Gasteiger partial charge in [0.2, 0.25) is 17.7 Å². The predicted octanol–water partition coefficient (Wildman–Crippen LogP) is -2.94. The van der Waals surface area contributed by atoms with Crippen molar-refractivity contribution >= 4 is 29.5 Å². The Morgan fingerprint density at radius 1 is 1.13 bits per heavy atom. The molecule has 1 aliphatic carbocycles. The minimum absolute atomic E-state index is 0.0329. The van der Waals surface area contributed by atoms with Crippen LogP contribution in [0.5, 0.6) is 0 Å². The van der Waals surface area contributed by atoms with Gasteiger partial charge in [-0.1, -0.05) is 19.8 Å². The van der Waals surface area contributed by atoms with Gasteiger partial charge in [0.25, 0.3) is 0 Å². The van der Waals surface area contributed by atoms with Gasteiger partial charge in [-0.2, -0.15) is 0 Å². The largest absolute Gasteiger partial charge is 0.368 e. The topological polar surface area (TPSA) is 189 Å². The van der Waals surface area contributed by atoms with Crippen molar-refractivity contribution in [2.24, 2.45) is 11.5 Å². The Labute approximate surface area is 180 Å². The summed E-state index contributed by atoms with van der Waals surface area (Å²) in [6.45, 7) is 2.26. The third-order valence-corrected chi connectivity index (χ3v) is 6.28. The van der Waals surface area contributed by atoms with Crippen molar-refractivity contribution in [2.45, 2.75) is 68.7 Å². The molecule has 2 saturated heterocycles. The molecule has 3 fully saturated rings. The van der Waals surface area contributed by atoms with Gasteiger partial charge in [0.05, 0.1) is 11.6 Å². The second-order valence-electron chi connectivity index (χ2n) is 8.44. The van der Waals surface area contributed by atoms with Gasteiger partial charge in [0, 0.05) is 19.6 Å². The van der Waals surface area contributed by atoms with E-state index in [1.165, 1.54) is 0 Å². The number of amides is 5. The number of urea groups is 1. The van der Waals surface area contributed by atoms with Crippen molar-refractivity contribution in [2.75, 3.05) is 19.6 Å². The fraction of sp³-hybridized carbons (Fsp3) is 0.737. The number of piperazine rings is 2. The molecule has 3 aliphatic rings. The van der Waals surface area contributed by atoms with Crippen LogP contribution in [0.1, 0.15) is 39.0 Å². The van der Waals surface area contributed by atoms with Gasteiger partial charge >= 0.3 is 6.03 Å². The average molecular weight is 438 g/mol. The number of carbonyl (C=O) groups excluding carboxylic acids is 5. The monoisotopic (exact) mass is 437 g/mol. The maximum Gasteiger partial charge on any atom is 0.312 e. The Bertz CT molecular complexity index is 769. The number of nitrogens with zero attached hydrogens (tertiary/aromatic N) is 1. The van der Waals surface area contributed by atoms with E-state index in [0.717, 1.165) is 12.8 Å². The number of unbranched alkanes of at least 4 members (excludes halogenated alkanes) is 1. The SMILES string of the molecule is CCCC[C@@H]1NC[C@H](C(=O)C2(N3C[C@H](C(N)=O)NC(=O)[C@@H]3CNC(N)=O)CC2)NC1=O. The van der Waals surface area contributed by atoms with Gasteiger partial charge in [-0.3, -0.25) is 24.1 Å². The molecule has 12 nitrogen and oxygen atoms in total. The number of nitrogens with two attached hydrogens (primary N) is 2. The Morgan fingerprint density at radius 3 is 2.35 bits per heavy atom. The van der Waals surface area contributed by atoms with E-state index in [2.05, 4.69) is 21.3 Å². The minimum atomic E-state index is -1.01. The molecule has 2 heterocycles. The number of carbonyl (C=O) groups is 5. The molecular weight excluding hydrogens is 406 g/mol. The van der Waals surface area contributed by atoms with Crippen molar-refractivity contribution in [1.29, 1.82) is 0 Å². The van der Waals surface area contributed by atoms with Crippen molar-refractivity contribution in [3.8, 4) is 0 Å². The van der Waals surface area contributed by atoms with E-state index in [9.17, 15) is 24.0 Å². The highest BCUT2D eigenvalue weighted by Gasteiger charge is 2.60. The minimum Gasteiger partial charge on any atom is -0.368 e. The molecule has 2 aliphatic heterocycles. The summed E-state index contributed by atoms with van der Waals surface area (Å²) in [5, 5.41) is 10.9. The van der Waals surface area contributed by atoms with Crippen molar-refractivity contribution in [3.63, 3.8) is 0 Å². The van der Waals surface area contributed by atoms with Crippen LogP contribution in [-0.2, 0) is 19.2 Å². The van der Waals surface area contributed by atoms with Gasteiger partial charge in [0.15, 0.2) is 5.78 Å². The van der Waals surface area contributed by atoms with Gasteiger partial charge in [-0.05, 0) is 19.3 Å². The van der Waals surface area contributed by atoms with Crippen LogP contribution in [0.2, 0.25) is 0 Å². The number of hydrogen-bond acceptors (Lipinski definition) is 7. The Kier molecular flexibility index (Phi) is 6.80. The Morgan fingerprint density at radius 2 is 1.81 bits per heavy atom. The molecule has 5 amide bonds. The van der Waals surface area contributed by atoms with Crippen LogP contribution in [0.3, 0.4) is 0 Å². The van der Waals surface area contributed by atoms with Crippen LogP contribution < -0.4 is 32.7 Å². The molecule has 0 aromatic heterocycles. The first-order chi connectivity index (χ1) is 14.7. The molecule has 1 saturated carbocycles. The van der Waals surface area contributed by atoms with Crippen molar-refractivity contribution in [1.82, 2.24) is 26.2 Å². The summed E-state index contributed by atoms with van der Waals surface area (Å²) in [5.41, 5.74) is 9.53. The Balaban J connectivity index is 1.76. The molecule has 0 bridgehead atoms. The number of ketones is 1. The number of primary amides is 2. The first-order valence-electron chi connectivity index (χ1n) is 10.7. The van der Waals surface area contributed by atoms with E-state index in [0.29, 0.717) is 25.8 Å². The quantitative estimate of drug-likeness (QED) is 0.222. The maximum absolute atomic E-state index is 13.5. The van der Waals surface area contributed by atoms with Crippen molar-refractivity contribution in [3.05, 3.63) is 0 Å². The second-order valence-corrected chi connectivity index (χ2v) is 8.44. The average Bonchev–Trinajstić information content (AvgIpc) is 3.52. The highest BCUT2D eigenvalue weighted by molar-refractivity contribution is 6.01. The molecule has 0 radical (unpaired) electrons. The summed E-state index contributed by atoms with van der Waals surface area (Å²) in [6, 6.07) is -3.72. The van der Waals surface area contributed by atoms with Gasteiger partial charge in [0.1, 0.15) is 18.1 Å². The third kappa shape index (κ3) is 4.79. The van der Waals surface area contributed by atoms with Crippen LogP contribution >= 0.6 is 0 Å². The van der Waals surface area contributed by atoms with Crippen LogP contribution in [-0.4, -0.2) is 83.8 Å². The number of hydrogen-bond donors (Lipinski definition) is 6. The number of rotatable bonds is 9. The van der Waals surface area contributed by atoms with Gasteiger partial charge < -0.3 is 32.7 Å². The number of nitrogens with one attached hydrogen (secondary N) is 4. The molecule has 0 unspecified atom stereocenters. The highest BCUT2D eigenvalue weighted by atomic mass is 16.2. The van der Waals surface area contributed by atoms with Crippen molar-refractivity contribution < 1.29 is 24.0 Å². The summed E-state index contributed by atoms with van der Waals surface area (Å²) >= 11 is 0. The molecule has 0 spiro atoms. The second kappa shape index (κ2) is 9.18. The normalized spacial score (nSPS) is 30.1. The zero-order valence-corrected chi connectivity index (χ0v) is 17.6. The Hall–Kier alpha value is -2.73. The van der Waals surface area contributed by atoms with E-state index in [4.69, 9.17) is 11.5 Å². The zero-order valence-electron chi connectivity index (χ0n) is 17.6. The maximum atomic E-state index is 13.5. The molecule has 12 heteroatoms. The standard InChI is InChI=1S/C19H31N7O5/c1-2-3-4-10-16(29)24-11(7-22-10)14(27)19(5-6-19)26-9-12(15(20)28)25-17(30)13(26)8-23-18(21)31/h10-13,22H,2-9H2,1H3,(H2,20,28)(H,24,29)(H,25,30)(H3,21,23,31)/t10-,11+,12+,13-/m0/s1. The summed E-state index contributed by atoms with van der Waals surface area (Å²) < 4.78 is 0. The van der Waals surface area contributed by atoms with E-state index >= 15 is 0 Å². The fourth-order valence-corrected chi connectivity index (χ4v) is 4.41. The molecule has 3 rings (SSSR count). The van der Waals surface area contributed by atoms with E-state index < -0.39 is 41.5 Å². The van der Waals surface area contributed by atoms with Crippen LogP contribution in [0.15, 0.2) is 0 Å². The van der Waals surface area contributed by atoms with Crippen LogP contribution in [0.4, 0.5) is 4.79 Å². The molecule has 8 N–H and O–H groups in total. The molecule has 4 atom stereocenters. The van der Waals surface area contributed by atoms with E-state index in [-0.39, 0.29) is 30.8 Å². The zero-order chi connectivity index (χ0) is 22.8. The van der Waals surface area contributed by atoms with Gasteiger partial charge in [-0.15, -0.1) is 0 Å². The lowest BCUT2D eigenvalue weighted by Crippen LogP contribution is -2.71. The van der Waals surface area contributed by atoms with Crippen LogP contribution in [0, 0.1) is 0 Å². The van der Waals surface area contributed by atoms with Gasteiger partial charge in [-0.25, -0.2) is 4.79 Å². The first-order valence-corrected chi connectivity index (χ1v) is 10.7. The molecule has 0 aromatic carbocycles. The van der Waals surface area contributed by atoms with E-state index in [1.54, 1.807) is 4.90 Å². The molecule has 172 valence electrons. The summed E-state index contributed by atoms with van der Waals surface area (Å²) in [5.74, 6) is -1.67. The summed E-state index contributed by atoms with van der Waals surface area (Å²) in [6.07, 6.45) is 3.52. The summed E-state index contributed by atoms with van der Waals surface area (Å²) in [7, 11) is 0. The summed E-state index contributed by atoms with van der Waals surface area (Å²) in [4.78, 5) is 63.1.